The quantitative estimate of drug-likeness (QED) is 0.882. The van der Waals surface area contributed by atoms with Crippen molar-refractivity contribution in [2.75, 3.05) is 6.54 Å². The number of rotatable bonds is 6. The standard InChI is InChI=1S/C18H24N2O/c1-4-12-20-17(15-8-6-14(3)7-9-15)11-10-16(18(20)21)13-19-5-2/h6-11,19H,4-5,12-13H2,1-3H3. The first-order valence-corrected chi connectivity index (χ1v) is 7.67. The van der Waals surface area contributed by atoms with E-state index in [1.807, 2.05) is 17.6 Å². The van der Waals surface area contributed by atoms with Crippen molar-refractivity contribution in [3.63, 3.8) is 0 Å². The maximum absolute atomic E-state index is 12.6. The van der Waals surface area contributed by atoms with E-state index in [-0.39, 0.29) is 5.56 Å². The normalized spacial score (nSPS) is 10.8. The Hall–Kier alpha value is -1.87. The van der Waals surface area contributed by atoms with E-state index >= 15 is 0 Å². The first-order valence-electron chi connectivity index (χ1n) is 7.67. The van der Waals surface area contributed by atoms with Crippen LogP contribution in [-0.2, 0) is 13.1 Å². The smallest absolute Gasteiger partial charge is 0.255 e. The van der Waals surface area contributed by atoms with Crippen molar-refractivity contribution < 1.29 is 0 Å². The van der Waals surface area contributed by atoms with Crippen LogP contribution in [0.3, 0.4) is 0 Å². The summed E-state index contributed by atoms with van der Waals surface area (Å²) >= 11 is 0. The molecule has 0 aliphatic carbocycles. The molecule has 3 heteroatoms. The molecule has 0 spiro atoms. The Morgan fingerprint density at radius 3 is 2.38 bits per heavy atom. The molecule has 2 rings (SSSR count). The van der Waals surface area contributed by atoms with Crippen LogP contribution in [0.25, 0.3) is 11.3 Å². The van der Waals surface area contributed by atoms with Crippen LogP contribution in [0.2, 0.25) is 0 Å². The molecule has 0 saturated heterocycles. The van der Waals surface area contributed by atoms with Crippen molar-refractivity contribution in [1.29, 1.82) is 0 Å². The Labute approximate surface area is 126 Å². The van der Waals surface area contributed by atoms with Gasteiger partial charge >= 0.3 is 0 Å². The van der Waals surface area contributed by atoms with Crippen LogP contribution in [0, 0.1) is 6.92 Å². The Balaban J connectivity index is 2.48. The van der Waals surface area contributed by atoms with Crippen molar-refractivity contribution in [3.8, 4) is 11.3 Å². The van der Waals surface area contributed by atoms with E-state index in [0.29, 0.717) is 6.54 Å². The molecule has 0 aliphatic rings. The van der Waals surface area contributed by atoms with Gasteiger partial charge in [0.15, 0.2) is 0 Å². The molecule has 0 radical (unpaired) electrons. The van der Waals surface area contributed by atoms with Gasteiger partial charge in [-0.1, -0.05) is 49.7 Å². The summed E-state index contributed by atoms with van der Waals surface area (Å²) in [4.78, 5) is 12.6. The average Bonchev–Trinajstić information content (AvgIpc) is 2.49. The zero-order chi connectivity index (χ0) is 15.2. The minimum atomic E-state index is 0.121. The summed E-state index contributed by atoms with van der Waals surface area (Å²) in [5.41, 5.74) is 4.28. The van der Waals surface area contributed by atoms with Gasteiger partial charge in [0.2, 0.25) is 0 Å². The Kier molecular flexibility index (Phi) is 5.34. The van der Waals surface area contributed by atoms with E-state index in [2.05, 4.69) is 49.5 Å². The highest BCUT2D eigenvalue weighted by Crippen LogP contribution is 2.19. The van der Waals surface area contributed by atoms with Crippen LogP contribution in [-0.4, -0.2) is 11.1 Å². The SMILES string of the molecule is CCCn1c(-c2ccc(C)cc2)ccc(CNCC)c1=O. The van der Waals surface area contributed by atoms with Gasteiger partial charge in [-0.2, -0.15) is 0 Å². The van der Waals surface area contributed by atoms with Gasteiger partial charge in [0.1, 0.15) is 0 Å². The molecule has 112 valence electrons. The van der Waals surface area contributed by atoms with Gasteiger partial charge in [-0.3, -0.25) is 4.79 Å². The molecular weight excluding hydrogens is 260 g/mol. The van der Waals surface area contributed by atoms with Gasteiger partial charge < -0.3 is 9.88 Å². The second-order valence-corrected chi connectivity index (χ2v) is 5.35. The molecule has 1 heterocycles. The summed E-state index contributed by atoms with van der Waals surface area (Å²) in [6.45, 7) is 8.47. The monoisotopic (exact) mass is 284 g/mol. The summed E-state index contributed by atoms with van der Waals surface area (Å²) in [5, 5.41) is 3.23. The lowest BCUT2D eigenvalue weighted by Crippen LogP contribution is -2.28. The van der Waals surface area contributed by atoms with Crippen molar-refractivity contribution in [2.45, 2.75) is 40.3 Å². The molecule has 0 aliphatic heterocycles. The summed E-state index contributed by atoms with van der Waals surface area (Å²) in [7, 11) is 0. The number of nitrogens with zero attached hydrogens (tertiary/aromatic N) is 1. The number of pyridine rings is 1. The number of aryl methyl sites for hydroxylation is 1. The van der Waals surface area contributed by atoms with Gasteiger partial charge in [0.25, 0.3) is 5.56 Å². The number of nitrogens with one attached hydrogen (secondary N) is 1. The molecule has 1 aromatic carbocycles. The van der Waals surface area contributed by atoms with Crippen LogP contribution in [0.1, 0.15) is 31.4 Å². The maximum atomic E-state index is 12.6. The second kappa shape index (κ2) is 7.23. The van der Waals surface area contributed by atoms with Crippen molar-refractivity contribution in [2.24, 2.45) is 0 Å². The first-order chi connectivity index (χ1) is 10.2. The van der Waals surface area contributed by atoms with E-state index in [4.69, 9.17) is 0 Å². The Morgan fingerprint density at radius 1 is 1.05 bits per heavy atom. The van der Waals surface area contributed by atoms with E-state index in [0.717, 1.165) is 36.3 Å². The number of hydrogen-bond donors (Lipinski definition) is 1. The molecule has 0 unspecified atom stereocenters. The number of hydrogen-bond acceptors (Lipinski definition) is 2. The molecule has 1 aromatic heterocycles. The van der Waals surface area contributed by atoms with Crippen molar-refractivity contribution in [1.82, 2.24) is 9.88 Å². The summed E-state index contributed by atoms with van der Waals surface area (Å²) in [6.07, 6.45) is 0.948. The van der Waals surface area contributed by atoms with Gasteiger partial charge in [-0.25, -0.2) is 0 Å². The highest BCUT2D eigenvalue weighted by atomic mass is 16.1. The molecule has 1 N–H and O–H groups in total. The van der Waals surface area contributed by atoms with Crippen LogP contribution in [0.5, 0.6) is 0 Å². The largest absolute Gasteiger partial charge is 0.313 e. The lowest BCUT2D eigenvalue weighted by molar-refractivity contribution is 0.640. The average molecular weight is 284 g/mol. The third kappa shape index (κ3) is 3.61. The topological polar surface area (TPSA) is 34.0 Å². The van der Waals surface area contributed by atoms with Crippen LogP contribution < -0.4 is 10.9 Å². The zero-order valence-corrected chi connectivity index (χ0v) is 13.1. The van der Waals surface area contributed by atoms with Crippen molar-refractivity contribution in [3.05, 3.63) is 57.9 Å². The fourth-order valence-corrected chi connectivity index (χ4v) is 2.44. The predicted octanol–water partition coefficient (Wildman–Crippen LogP) is 3.34. The number of benzene rings is 1. The van der Waals surface area contributed by atoms with Crippen molar-refractivity contribution >= 4 is 0 Å². The van der Waals surface area contributed by atoms with Crippen LogP contribution >= 0.6 is 0 Å². The van der Waals surface area contributed by atoms with Crippen LogP contribution in [0.4, 0.5) is 0 Å². The Morgan fingerprint density at radius 2 is 1.76 bits per heavy atom. The molecule has 0 atom stereocenters. The lowest BCUT2D eigenvalue weighted by atomic mass is 10.1. The van der Waals surface area contributed by atoms with Gasteiger partial charge in [0, 0.05) is 18.7 Å². The van der Waals surface area contributed by atoms with E-state index in [9.17, 15) is 4.79 Å². The molecular formula is C18H24N2O. The molecule has 3 nitrogen and oxygen atoms in total. The first kappa shape index (κ1) is 15.5. The zero-order valence-electron chi connectivity index (χ0n) is 13.1. The van der Waals surface area contributed by atoms with Gasteiger partial charge in [0.05, 0.1) is 5.69 Å². The predicted molar refractivity (Wildman–Crippen MR) is 88.5 cm³/mol. The maximum Gasteiger partial charge on any atom is 0.255 e. The summed E-state index contributed by atoms with van der Waals surface area (Å²) < 4.78 is 1.90. The van der Waals surface area contributed by atoms with E-state index in [1.54, 1.807) is 0 Å². The molecule has 0 bridgehead atoms. The highest BCUT2D eigenvalue weighted by Gasteiger charge is 2.09. The van der Waals surface area contributed by atoms with Crippen LogP contribution in [0.15, 0.2) is 41.2 Å². The highest BCUT2D eigenvalue weighted by molar-refractivity contribution is 5.60. The minimum absolute atomic E-state index is 0.121. The second-order valence-electron chi connectivity index (χ2n) is 5.35. The van der Waals surface area contributed by atoms with Gasteiger partial charge in [-0.05, 0) is 31.5 Å². The third-order valence-corrected chi connectivity index (χ3v) is 3.61. The fraction of sp³-hybridized carbons (Fsp3) is 0.389. The summed E-state index contributed by atoms with van der Waals surface area (Å²) in [5.74, 6) is 0. The Bertz CT molecular complexity index is 641. The number of aromatic nitrogens is 1. The third-order valence-electron chi connectivity index (χ3n) is 3.61. The minimum Gasteiger partial charge on any atom is -0.313 e. The molecule has 0 fully saturated rings. The fourth-order valence-electron chi connectivity index (χ4n) is 2.44. The van der Waals surface area contributed by atoms with Gasteiger partial charge in [-0.15, -0.1) is 0 Å². The van der Waals surface area contributed by atoms with E-state index in [1.165, 1.54) is 5.56 Å². The molecule has 0 amide bonds. The molecule has 0 saturated carbocycles. The molecule has 21 heavy (non-hydrogen) atoms. The van der Waals surface area contributed by atoms with E-state index < -0.39 is 0 Å². The lowest BCUT2D eigenvalue weighted by Gasteiger charge is -2.14. The summed E-state index contributed by atoms with van der Waals surface area (Å²) in [6, 6.07) is 12.4. The molecule has 2 aromatic rings.